The monoisotopic (exact) mass is 375 g/mol. The van der Waals surface area contributed by atoms with Gasteiger partial charge in [0.15, 0.2) is 10.3 Å². The van der Waals surface area contributed by atoms with Crippen LogP contribution in [0.5, 0.6) is 0 Å². The molecular weight excluding hydrogens is 358 g/mol. The lowest BCUT2D eigenvalue weighted by atomic mass is 10.3. The molecule has 1 aromatic carbocycles. The number of fused-ring (bicyclic) bond motifs is 1. The first-order chi connectivity index (χ1) is 12.0. The third-order valence-corrected chi connectivity index (χ3v) is 5.37. The highest BCUT2D eigenvalue weighted by Crippen LogP contribution is 2.27. The molecule has 0 unspecified atom stereocenters. The molecular formula is C16H17N5O2S2. The topological polar surface area (TPSA) is 87.2 Å². The molecule has 0 aliphatic heterocycles. The Morgan fingerprint density at radius 1 is 1.20 bits per heavy atom. The van der Waals surface area contributed by atoms with E-state index in [1.54, 1.807) is 28.7 Å². The van der Waals surface area contributed by atoms with Crippen molar-refractivity contribution >= 4 is 55.0 Å². The normalized spacial score (nSPS) is 10.6. The molecule has 2 amide bonds. The Kier molecular flexibility index (Phi) is 5.25. The second kappa shape index (κ2) is 7.58. The van der Waals surface area contributed by atoms with E-state index >= 15 is 0 Å². The number of carbonyl (C=O) groups is 2. The van der Waals surface area contributed by atoms with Crippen LogP contribution in [0.2, 0.25) is 0 Å². The summed E-state index contributed by atoms with van der Waals surface area (Å²) < 4.78 is 1.09. The van der Waals surface area contributed by atoms with E-state index in [0.717, 1.165) is 15.3 Å². The van der Waals surface area contributed by atoms with Gasteiger partial charge in [-0.2, -0.15) is 0 Å². The van der Waals surface area contributed by atoms with E-state index in [4.69, 9.17) is 0 Å². The zero-order valence-electron chi connectivity index (χ0n) is 13.8. The molecule has 0 bridgehead atoms. The van der Waals surface area contributed by atoms with Crippen molar-refractivity contribution in [3.8, 4) is 0 Å². The van der Waals surface area contributed by atoms with E-state index in [-0.39, 0.29) is 24.8 Å². The quantitative estimate of drug-likeness (QED) is 0.689. The van der Waals surface area contributed by atoms with E-state index in [1.165, 1.54) is 11.3 Å². The van der Waals surface area contributed by atoms with Crippen molar-refractivity contribution in [2.45, 2.75) is 6.42 Å². The van der Waals surface area contributed by atoms with Gasteiger partial charge in [-0.3, -0.25) is 9.59 Å². The molecule has 0 fully saturated rings. The number of para-hydroxylation sites is 1. The number of aromatic nitrogens is 2. The highest BCUT2D eigenvalue weighted by atomic mass is 32.1. The van der Waals surface area contributed by atoms with Gasteiger partial charge in [0.1, 0.15) is 0 Å². The van der Waals surface area contributed by atoms with Crippen molar-refractivity contribution in [3.05, 3.63) is 35.3 Å². The van der Waals surface area contributed by atoms with E-state index < -0.39 is 0 Å². The van der Waals surface area contributed by atoms with Gasteiger partial charge in [0.25, 0.3) is 0 Å². The molecule has 0 atom stereocenters. The van der Waals surface area contributed by atoms with Crippen LogP contribution < -0.4 is 15.5 Å². The highest BCUT2D eigenvalue weighted by molar-refractivity contribution is 7.22. The van der Waals surface area contributed by atoms with Crippen molar-refractivity contribution < 1.29 is 9.59 Å². The Bertz CT molecular complexity index is 872. The van der Waals surface area contributed by atoms with Crippen LogP contribution in [-0.2, 0) is 16.0 Å². The number of amides is 2. The number of nitrogens with one attached hydrogen (secondary N) is 2. The number of benzene rings is 1. The number of thiazole rings is 2. The van der Waals surface area contributed by atoms with Crippen molar-refractivity contribution in [3.63, 3.8) is 0 Å². The summed E-state index contributed by atoms with van der Waals surface area (Å²) in [6.45, 7) is 0.171. The van der Waals surface area contributed by atoms with Crippen molar-refractivity contribution in [2.75, 3.05) is 30.9 Å². The molecule has 0 saturated heterocycles. The molecule has 3 rings (SSSR count). The van der Waals surface area contributed by atoms with Gasteiger partial charge in [-0.25, -0.2) is 9.97 Å². The van der Waals surface area contributed by atoms with Gasteiger partial charge in [-0.15, -0.1) is 11.3 Å². The fourth-order valence-electron chi connectivity index (χ4n) is 2.16. The standard InChI is InChI=1S/C16H17N5O2S2/c1-17-13(22)7-10-9-24-15(18-10)20-14(23)8-21(2)16-19-11-5-3-4-6-12(11)25-16/h3-6,9H,7-8H2,1-2H3,(H,17,22)(H,18,20,23). The predicted molar refractivity (Wildman–Crippen MR) is 101 cm³/mol. The van der Waals surface area contributed by atoms with Crippen LogP contribution in [0.1, 0.15) is 5.69 Å². The predicted octanol–water partition coefficient (Wildman–Crippen LogP) is 2.12. The van der Waals surface area contributed by atoms with Crippen LogP contribution in [0.15, 0.2) is 29.6 Å². The van der Waals surface area contributed by atoms with Gasteiger partial charge >= 0.3 is 0 Å². The zero-order valence-corrected chi connectivity index (χ0v) is 15.4. The molecule has 0 aliphatic carbocycles. The Balaban J connectivity index is 1.59. The van der Waals surface area contributed by atoms with Gasteiger partial charge in [-0.1, -0.05) is 23.5 Å². The number of hydrogen-bond acceptors (Lipinski definition) is 7. The van der Waals surface area contributed by atoms with Crippen LogP contribution in [-0.4, -0.2) is 42.4 Å². The first-order valence-corrected chi connectivity index (χ1v) is 9.26. The first kappa shape index (κ1) is 17.3. The maximum absolute atomic E-state index is 12.2. The smallest absolute Gasteiger partial charge is 0.245 e. The molecule has 0 radical (unpaired) electrons. The molecule has 0 saturated carbocycles. The second-order valence-electron chi connectivity index (χ2n) is 5.36. The molecule has 2 aromatic heterocycles. The summed E-state index contributed by atoms with van der Waals surface area (Å²) >= 11 is 2.85. The van der Waals surface area contributed by atoms with Crippen LogP contribution in [0.4, 0.5) is 10.3 Å². The van der Waals surface area contributed by atoms with Crippen LogP contribution in [0.25, 0.3) is 10.2 Å². The fraction of sp³-hybridized carbons (Fsp3) is 0.250. The summed E-state index contributed by atoms with van der Waals surface area (Å²) in [5.41, 5.74) is 1.56. The van der Waals surface area contributed by atoms with Crippen LogP contribution >= 0.6 is 22.7 Å². The Hall–Kier alpha value is -2.52. The maximum atomic E-state index is 12.2. The summed E-state index contributed by atoms with van der Waals surface area (Å²) in [5.74, 6) is -0.290. The van der Waals surface area contributed by atoms with E-state index in [2.05, 4.69) is 20.6 Å². The van der Waals surface area contributed by atoms with Gasteiger partial charge in [0, 0.05) is 19.5 Å². The molecule has 25 heavy (non-hydrogen) atoms. The molecule has 0 aliphatic rings. The minimum Gasteiger partial charge on any atom is -0.359 e. The van der Waals surface area contributed by atoms with Gasteiger partial charge in [0.2, 0.25) is 11.8 Å². The first-order valence-electron chi connectivity index (χ1n) is 7.56. The van der Waals surface area contributed by atoms with Crippen molar-refractivity contribution in [1.82, 2.24) is 15.3 Å². The number of anilines is 2. The largest absolute Gasteiger partial charge is 0.359 e. The summed E-state index contributed by atoms with van der Waals surface area (Å²) in [6.07, 6.45) is 0.203. The fourth-order valence-corrected chi connectivity index (χ4v) is 3.82. The molecule has 130 valence electrons. The number of rotatable bonds is 6. The second-order valence-corrected chi connectivity index (χ2v) is 7.23. The summed E-state index contributed by atoms with van der Waals surface area (Å²) in [7, 11) is 3.41. The van der Waals surface area contributed by atoms with Gasteiger partial charge in [-0.05, 0) is 12.1 Å². The molecule has 3 aromatic rings. The van der Waals surface area contributed by atoms with E-state index in [9.17, 15) is 9.59 Å². The van der Waals surface area contributed by atoms with Gasteiger partial charge in [0.05, 0.1) is 28.9 Å². The Morgan fingerprint density at radius 2 is 2.00 bits per heavy atom. The van der Waals surface area contributed by atoms with Crippen molar-refractivity contribution in [2.24, 2.45) is 0 Å². The van der Waals surface area contributed by atoms with E-state index in [1.807, 2.05) is 31.3 Å². The molecule has 0 spiro atoms. The maximum Gasteiger partial charge on any atom is 0.245 e. The summed E-state index contributed by atoms with van der Waals surface area (Å²) in [4.78, 5) is 34.1. The van der Waals surface area contributed by atoms with Crippen LogP contribution in [0.3, 0.4) is 0 Å². The summed E-state index contributed by atoms with van der Waals surface area (Å²) in [6, 6.07) is 7.87. The van der Waals surface area contributed by atoms with Crippen LogP contribution in [0, 0.1) is 0 Å². The third-order valence-electron chi connectivity index (χ3n) is 3.41. The van der Waals surface area contributed by atoms with Gasteiger partial charge < -0.3 is 15.5 Å². The number of carbonyl (C=O) groups excluding carboxylic acids is 2. The van der Waals surface area contributed by atoms with Crippen molar-refractivity contribution in [1.29, 1.82) is 0 Å². The number of hydrogen-bond donors (Lipinski definition) is 2. The highest BCUT2D eigenvalue weighted by Gasteiger charge is 2.14. The zero-order chi connectivity index (χ0) is 17.8. The summed E-state index contributed by atoms with van der Waals surface area (Å²) in [5, 5.41) is 8.35. The lowest BCUT2D eigenvalue weighted by Gasteiger charge is -2.14. The molecule has 2 N–H and O–H groups in total. The average Bonchev–Trinajstić information content (AvgIpc) is 3.21. The minimum atomic E-state index is -0.178. The average molecular weight is 375 g/mol. The SMILES string of the molecule is CNC(=O)Cc1csc(NC(=O)CN(C)c2nc3ccccc3s2)n1. The molecule has 9 heteroatoms. The molecule has 2 heterocycles. The third kappa shape index (κ3) is 4.31. The number of nitrogens with zero attached hydrogens (tertiary/aromatic N) is 3. The lowest BCUT2D eigenvalue weighted by Crippen LogP contribution is -2.29. The van der Waals surface area contributed by atoms with E-state index in [0.29, 0.717) is 10.8 Å². The minimum absolute atomic E-state index is 0.112. The number of likely N-dealkylation sites (N-methyl/N-ethyl adjacent to an activating group) is 2. The lowest BCUT2D eigenvalue weighted by molar-refractivity contribution is -0.120. The Labute approximate surface area is 152 Å². The Morgan fingerprint density at radius 3 is 2.76 bits per heavy atom. The molecule has 7 nitrogen and oxygen atoms in total.